The van der Waals surface area contributed by atoms with Crippen LogP contribution in [0.2, 0.25) is 0 Å². The molecule has 5 nitrogen and oxygen atoms in total. The molecule has 0 unspecified atom stereocenters. The molecule has 148 valence electrons. The third-order valence-corrected chi connectivity index (χ3v) is 5.79. The summed E-state index contributed by atoms with van der Waals surface area (Å²) in [5, 5.41) is 0. The van der Waals surface area contributed by atoms with Gasteiger partial charge in [-0.2, -0.15) is 0 Å². The van der Waals surface area contributed by atoms with Gasteiger partial charge in [0.05, 0.1) is 31.0 Å². The van der Waals surface area contributed by atoms with Crippen LogP contribution in [0, 0.1) is 6.92 Å². The molecule has 0 spiro atoms. The van der Waals surface area contributed by atoms with E-state index in [1.54, 1.807) is 13.2 Å². The number of benzene rings is 2. The summed E-state index contributed by atoms with van der Waals surface area (Å²) in [4.78, 5) is 12.1. The van der Waals surface area contributed by atoms with Gasteiger partial charge in [0, 0.05) is 5.46 Å². The highest BCUT2D eigenvalue weighted by molar-refractivity contribution is 6.63. The summed E-state index contributed by atoms with van der Waals surface area (Å²) in [6.45, 7) is 10.0. The number of carbonyl (C=O) groups excluding carboxylic acids is 1. The normalized spacial score (nSPS) is 17.5. The summed E-state index contributed by atoms with van der Waals surface area (Å²) >= 11 is 0. The lowest BCUT2D eigenvalue weighted by atomic mass is 9.76. The van der Waals surface area contributed by atoms with E-state index < -0.39 is 18.3 Å². The predicted molar refractivity (Wildman–Crippen MR) is 110 cm³/mol. The van der Waals surface area contributed by atoms with Gasteiger partial charge in [-0.15, -0.1) is 0 Å². The van der Waals surface area contributed by atoms with Crippen molar-refractivity contribution >= 4 is 18.6 Å². The first-order chi connectivity index (χ1) is 13.1. The lowest BCUT2D eigenvalue weighted by Crippen LogP contribution is -2.41. The van der Waals surface area contributed by atoms with E-state index in [1.807, 2.05) is 65.0 Å². The minimum Gasteiger partial charge on any atom is -0.497 e. The lowest BCUT2D eigenvalue weighted by molar-refractivity contribution is 0.00578. The monoisotopic (exact) mass is 382 g/mol. The SMILES string of the molecule is COC(=O)c1cccc(-c2ccc(OC)c(B3OC(C)(C)C(C)(C)O3)c2)c1C. The highest BCUT2D eigenvalue weighted by Gasteiger charge is 2.52. The van der Waals surface area contributed by atoms with Crippen molar-refractivity contribution in [3.63, 3.8) is 0 Å². The Morgan fingerprint density at radius 3 is 2.21 bits per heavy atom. The maximum atomic E-state index is 12.1. The summed E-state index contributed by atoms with van der Waals surface area (Å²) in [5.74, 6) is 0.350. The third-order valence-electron chi connectivity index (χ3n) is 5.79. The highest BCUT2D eigenvalue weighted by atomic mass is 16.7. The van der Waals surface area contributed by atoms with Gasteiger partial charge in [0.2, 0.25) is 0 Å². The maximum Gasteiger partial charge on any atom is 0.498 e. The van der Waals surface area contributed by atoms with Gasteiger partial charge in [0.25, 0.3) is 0 Å². The van der Waals surface area contributed by atoms with Gasteiger partial charge in [-0.3, -0.25) is 0 Å². The Bertz CT molecular complexity index is 888. The number of hydrogen-bond acceptors (Lipinski definition) is 5. The minimum atomic E-state index is -0.538. The molecule has 2 aromatic rings. The van der Waals surface area contributed by atoms with Crippen LogP contribution in [0.5, 0.6) is 5.75 Å². The van der Waals surface area contributed by atoms with Crippen LogP contribution in [0.15, 0.2) is 36.4 Å². The first-order valence-corrected chi connectivity index (χ1v) is 9.33. The molecule has 1 aliphatic heterocycles. The molecular formula is C22H27BO5. The summed E-state index contributed by atoms with van der Waals surface area (Å²) in [6.07, 6.45) is 0. The summed E-state index contributed by atoms with van der Waals surface area (Å²) in [7, 11) is 2.48. The van der Waals surface area contributed by atoms with Crippen molar-refractivity contribution in [1.82, 2.24) is 0 Å². The van der Waals surface area contributed by atoms with Crippen LogP contribution in [0.1, 0.15) is 43.6 Å². The van der Waals surface area contributed by atoms with Gasteiger partial charge in [0.15, 0.2) is 0 Å². The quantitative estimate of drug-likeness (QED) is 0.596. The number of carbonyl (C=O) groups is 1. The first-order valence-electron chi connectivity index (χ1n) is 9.33. The average molecular weight is 382 g/mol. The van der Waals surface area contributed by atoms with Crippen LogP contribution >= 0.6 is 0 Å². The van der Waals surface area contributed by atoms with Gasteiger partial charge >= 0.3 is 13.1 Å². The first kappa shape index (κ1) is 20.4. The number of methoxy groups -OCH3 is 2. The summed E-state index contributed by atoms with van der Waals surface area (Å²) in [6, 6.07) is 11.5. The molecule has 1 saturated heterocycles. The molecule has 1 fully saturated rings. The van der Waals surface area contributed by atoms with Crippen LogP contribution in [0.4, 0.5) is 0 Å². The molecule has 0 bridgehead atoms. The summed E-state index contributed by atoms with van der Waals surface area (Å²) in [5.41, 5.74) is 3.24. The van der Waals surface area contributed by atoms with Crippen molar-refractivity contribution in [3.8, 4) is 16.9 Å². The molecule has 28 heavy (non-hydrogen) atoms. The third kappa shape index (κ3) is 3.42. The largest absolute Gasteiger partial charge is 0.498 e. The molecule has 0 N–H and O–H groups in total. The zero-order valence-corrected chi connectivity index (χ0v) is 17.6. The average Bonchev–Trinajstić information content (AvgIpc) is 2.88. The molecular weight excluding hydrogens is 355 g/mol. The van der Waals surface area contributed by atoms with E-state index in [0.29, 0.717) is 11.3 Å². The van der Waals surface area contributed by atoms with E-state index in [0.717, 1.165) is 22.2 Å². The zero-order chi connectivity index (χ0) is 20.7. The van der Waals surface area contributed by atoms with E-state index >= 15 is 0 Å². The number of esters is 1. The van der Waals surface area contributed by atoms with Gasteiger partial charge in [-0.1, -0.05) is 24.3 Å². The van der Waals surface area contributed by atoms with E-state index in [9.17, 15) is 4.79 Å². The Balaban J connectivity index is 2.08. The van der Waals surface area contributed by atoms with Crippen molar-refractivity contribution in [1.29, 1.82) is 0 Å². The second-order valence-electron chi connectivity index (χ2n) is 8.01. The van der Waals surface area contributed by atoms with Gasteiger partial charge in [0.1, 0.15) is 5.75 Å². The van der Waals surface area contributed by atoms with Crippen molar-refractivity contribution in [2.24, 2.45) is 0 Å². The fourth-order valence-corrected chi connectivity index (χ4v) is 3.34. The molecule has 0 atom stereocenters. The van der Waals surface area contributed by atoms with E-state index in [2.05, 4.69) is 0 Å². The van der Waals surface area contributed by atoms with Gasteiger partial charge < -0.3 is 18.8 Å². The molecule has 1 aliphatic rings. The van der Waals surface area contributed by atoms with E-state index in [1.165, 1.54) is 7.11 Å². The lowest BCUT2D eigenvalue weighted by Gasteiger charge is -2.32. The Labute approximate surface area is 167 Å². The van der Waals surface area contributed by atoms with Gasteiger partial charge in [-0.25, -0.2) is 4.79 Å². The predicted octanol–water partition coefficient (Wildman–Crippen LogP) is 3.76. The standard InChI is InChI=1S/C22H27BO5/c1-14-16(9-8-10-17(14)20(24)26-7)15-11-12-19(25-6)18(13-15)23-27-21(2,3)22(4,5)28-23/h8-13H,1-7H3. The smallest absolute Gasteiger partial charge is 0.497 e. The van der Waals surface area contributed by atoms with Crippen LogP contribution in [-0.4, -0.2) is 38.5 Å². The molecule has 1 heterocycles. The molecule has 0 aromatic heterocycles. The van der Waals surface area contributed by atoms with E-state index in [-0.39, 0.29) is 5.97 Å². The molecule has 0 aliphatic carbocycles. The molecule has 3 rings (SSSR count). The summed E-state index contributed by atoms with van der Waals surface area (Å²) < 4.78 is 22.9. The Kier molecular flexibility index (Phi) is 5.30. The molecule has 0 saturated carbocycles. The fourth-order valence-electron chi connectivity index (χ4n) is 3.34. The van der Waals surface area contributed by atoms with Crippen molar-refractivity contribution < 1.29 is 23.6 Å². The number of rotatable bonds is 4. The Morgan fingerprint density at radius 2 is 1.64 bits per heavy atom. The van der Waals surface area contributed by atoms with Crippen LogP contribution in [0.3, 0.4) is 0 Å². The Morgan fingerprint density at radius 1 is 1.00 bits per heavy atom. The number of ether oxygens (including phenoxy) is 2. The van der Waals surface area contributed by atoms with Crippen LogP contribution < -0.4 is 10.2 Å². The topological polar surface area (TPSA) is 54.0 Å². The van der Waals surface area contributed by atoms with E-state index in [4.69, 9.17) is 18.8 Å². The maximum absolute atomic E-state index is 12.1. The van der Waals surface area contributed by atoms with Crippen molar-refractivity contribution in [2.75, 3.05) is 14.2 Å². The van der Waals surface area contributed by atoms with Crippen LogP contribution in [-0.2, 0) is 14.0 Å². The molecule has 0 radical (unpaired) electrons. The fraction of sp³-hybridized carbons (Fsp3) is 0.409. The van der Waals surface area contributed by atoms with Crippen LogP contribution in [0.25, 0.3) is 11.1 Å². The molecule has 2 aromatic carbocycles. The Hall–Kier alpha value is -2.31. The minimum absolute atomic E-state index is 0.348. The zero-order valence-electron chi connectivity index (χ0n) is 17.6. The molecule has 6 heteroatoms. The molecule has 0 amide bonds. The second-order valence-corrected chi connectivity index (χ2v) is 8.01. The van der Waals surface area contributed by atoms with Crippen molar-refractivity contribution in [2.45, 2.75) is 45.8 Å². The second kappa shape index (κ2) is 7.26. The van der Waals surface area contributed by atoms with Crippen molar-refractivity contribution in [3.05, 3.63) is 47.5 Å². The number of hydrogen-bond donors (Lipinski definition) is 0. The highest BCUT2D eigenvalue weighted by Crippen LogP contribution is 2.38. The van der Waals surface area contributed by atoms with Gasteiger partial charge in [-0.05, 0) is 63.4 Å².